The summed E-state index contributed by atoms with van der Waals surface area (Å²) in [5.41, 5.74) is 0. The Bertz CT molecular complexity index is 21.2. The molecule has 0 unspecified atom stereocenters. The molecule has 0 aromatic rings. The Morgan fingerprint density at radius 3 is 1.29 bits per heavy atom. The molecule has 0 heterocycles. The Kier molecular flexibility index (Phi) is 35.3. The maximum absolute atomic E-state index is 4.64. The van der Waals surface area contributed by atoms with Crippen LogP contribution in [0.1, 0.15) is 0 Å². The fourth-order valence-corrected chi connectivity index (χ4v) is 0.559. The van der Waals surface area contributed by atoms with Crippen LogP contribution in [0.25, 0.3) is 0 Å². The minimum Gasteiger partial charge on any atom is -0.813 e. The topological polar surface area (TPSA) is 18.5 Å². The maximum atomic E-state index is 4.64. The van der Waals surface area contributed by atoms with Gasteiger partial charge in [0.15, 0.2) is 0 Å². The summed E-state index contributed by atoms with van der Waals surface area (Å²) < 4.78 is 9.28. The van der Waals surface area contributed by atoms with E-state index in [9.17, 15) is 0 Å². The van der Waals surface area contributed by atoms with E-state index in [2.05, 4.69) is 6.15 Å². The first-order valence-corrected chi connectivity index (χ1v) is 3.56. The molecule has 0 amide bonds. The van der Waals surface area contributed by atoms with E-state index < -0.39 is 22.0 Å². The van der Waals surface area contributed by atoms with Gasteiger partial charge in [-0.1, -0.05) is 0 Å². The quantitative estimate of drug-likeness (QED) is 0.364. The van der Waals surface area contributed by atoms with E-state index in [4.69, 9.17) is 0 Å². The molecule has 0 aliphatic carbocycles. The molecule has 0 spiro atoms. The Hall–Kier alpha value is 1.42. The van der Waals surface area contributed by atoms with E-state index >= 15 is 0 Å². The van der Waals surface area contributed by atoms with Crippen molar-refractivity contribution in [3.8, 4) is 0 Å². The predicted octanol–water partition coefficient (Wildman–Crippen LogP) is -0.727. The standard InChI is InChI=1S/2CH3O.2H2S.Sn/c2*1-2;;;/h2*1H3;2*1H2;/q2*-1;;;+4/p-2. The van der Waals surface area contributed by atoms with Crippen LogP contribution >= 0.6 is 0 Å². The second kappa shape index (κ2) is 15.7. The van der Waals surface area contributed by atoms with Gasteiger partial charge in [0.2, 0.25) is 0 Å². The monoisotopic (exact) mass is 248 g/mol. The Morgan fingerprint density at radius 1 is 1.00 bits per heavy atom. The van der Waals surface area contributed by atoms with Gasteiger partial charge in [0.25, 0.3) is 0 Å². The average Bonchev–Trinajstić information content (AvgIpc) is 1.41. The second-order valence-electron chi connectivity index (χ2n) is 0.492. The Labute approximate surface area is 69.2 Å². The largest absolute Gasteiger partial charge is 0.813 e. The third kappa shape index (κ3) is 18.6. The first kappa shape index (κ1) is 15.8. The van der Waals surface area contributed by atoms with Gasteiger partial charge < -0.3 is 27.0 Å². The van der Waals surface area contributed by atoms with Crippen LogP contribution in [0.4, 0.5) is 0 Å². The van der Waals surface area contributed by atoms with E-state index in [1.54, 1.807) is 14.2 Å². The van der Waals surface area contributed by atoms with E-state index in [1.807, 2.05) is 0 Å². The normalized spacial score (nSPS) is 4.86. The molecule has 0 aromatic carbocycles. The van der Waals surface area contributed by atoms with Crippen LogP contribution in [0.5, 0.6) is 0 Å². The van der Waals surface area contributed by atoms with Crippen molar-refractivity contribution < 1.29 is 6.15 Å². The summed E-state index contributed by atoms with van der Waals surface area (Å²) in [5, 5.41) is 0. The van der Waals surface area contributed by atoms with Crippen molar-refractivity contribution in [1.29, 1.82) is 0 Å². The summed E-state index contributed by atoms with van der Waals surface area (Å²) in [5.74, 6) is 0. The molecular weight excluding hydrogens is 239 g/mol. The van der Waals surface area contributed by atoms with E-state index in [1.165, 1.54) is 0 Å². The zero-order chi connectivity index (χ0) is 4.12. The first-order valence-electron chi connectivity index (χ1n) is 1.22. The van der Waals surface area contributed by atoms with Gasteiger partial charge in [0.1, 0.15) is 0 Å². The van der Waals surface area contributed by atoms with Crippen LogP contribution in [0.2, 0.25) is 0 Å². The summed E-state index contributed by atoms with van der Waals surface area (Å²) >= 11 is -0.782. The molecule has 0 aromatic heterocycles. The van der Waals surface area contributed by atoms with Crippen molar-refractivity contribution in [3.05, 3.63) is 0 Å². The fraction of sp³-hybridized carbons (Fsp3) is 1.00. The number of rotatable bonds is 2. The van der Waals surface area contributed by atoms with E-state index in [0.29, 0.717) is 0 Å². The molecule has 44 valence electrons. The smallest absolute Gasteiger partial charge is 0.813 e. The van der Waals surface area contributed by atoms with Gasteiger partial charge in [-0.3, -0.25) is 0 Å². The van der Waals surface area contributed by atoms with Crippen LogP contribution in [-0.2, 0) is 33.1 Å². The average molecular weight is 247 g/mol. The maximum Gasteiger partial charge on any atom is -0.813 e. The molecule has 0 aliphatic rings. The number of hydrogen-bond donors (Lipinski definition) is 0. The summed E-state index contributed by atoms with van der Waals surface area (Å²) in [6.45, 7) is 0. The molecule has 0 rings (SSSR count). The van der Waals surface area contributed by atoms with Crippen molar-refractivity contribution in [1.82, 2.24) is 0 Å². The van der Waals surface area contributed by atoms with Gasteiger partial charge in [-0.15, -0.1) is 0 Å². The van der Waals surface area contributed by atoms with Crippen molar-refractivity contribution >= 4 is 49.0 Å². The second-order valence-corrected chi connectivity index (χ2v) is 3.30. The third-order valence-electron chi connectivity index (χ3n) is 0.167. The van der Waals surface area contributed by atoms with Gasteiger partial charge in [0, 0.05) is 0 Å². The molecule has 2 nitrogen and oxygen atoms in total. The number of thiol groups is 2. The van der Waals surface area contributed by atoms with Crippen molar-refractivity contribution in [3.63, 3.8) is 0 Å². The minimum atomic E-state index is -0.782. The van der Waals surface area contributed by atoms with E-state index in [-0.39, 0.29) is 27.0 Å². The minimum absolute atomic E-state index is 0. The summed E-state index contributed by atoms with van der Waals surface area (Å²) in [6.07, 6.45) is 0. The Morgan fingerprint density at radius 2 is 1.29 bits per heavy atom. The third-order valence-corrected chi connectivity index (χ3v) is 1.12. The molecule has 0 fully saturated rings. The first-order chi connectivity index (χ1) is 2.41. The van der Waals surface area contributed by atoms with Crippen LogP contribution < -0.4 is 0 Å². The molecule has 0 radical (unpaired) electrons. The van der Waals surface area contributed by atoms with Gasteiger partial charge in [-0.05, 0) is 0 Å². The molecule has 0 bridgehead atoms. The molecule has 0 aliphatic heterocycles. The molecule has 0 atom stereocenters. The van der Waals surface area contributed by atoms with Gasteiger partial charge in [-0.2, -0.15) is 0 Å². The predicted molar refractivity (Wildman–Crippen MR) is 37.3 cm³/mol. The van der Waals surface area contributed by atoms with Gasteiger partial charge >= 0.3 is 42.3 Å². The van der Waals surface area contributed by atoms with Crippen molar-refractivity contribution in [2.24, 2.45) is 0 Å². The molecule has 0 N–H and O–H groups in total. The SMILES string of the molecule is C[O][Sn+2][O]C.[SH-].[SH-]. The Balaban J connectivity index is -0.0000000800. The van der Waals surface area contributed by atoms with Crippen LogP contribution in [0, 0.1) is 0 Å². The zero-order valence-electron chi connectivity index (χ0n) is 4.21. The zero-order valence-corrected chi connectivity index (χ0v) is 8.85. The summed E-state index contributed by atoms with van der Waals surface area (Å²) in [4.78, 5) is 0. The summed E-state index contributed by atoms with van der Waals surface area (Å²) in [6, 6.07) is 0. The van der Waals surface area contributed by atoms with Gasteiger partial charge in [-0.25, -0.2) is 0 Å². The molecule has 0 saturated heterocycles. The van der Waals surface area contributed by atoms with Crippen molar-refractivity contribution in [2.75, 3.05) is 14.2 Å². The fourth-order valence-electron chi connectivity index (χ4n) is 0.0833. The van der Waals surface area contributed by atoms with Crippen molar-refractivity contribution in [2.45, 2.75) is 0 Å². The van der Waals surface area contributed by atoms with Gasteiger partial charge in [0.05, 0.1) is 0 Å². The van der Waals surface area contributed by atoms with Crippen LogP contribution in [0.3, 0.4) is 0 Å². The molecular formula is C2H8O2S2Sn. The van der Waals surface area contributed by atoms with Crippen LogP contribution in [0.15, 0.2) is 0 Å². The number of hydrogen-bond acceptors (Lipinski definition) is 4. The van der Waals surface area contributed by atoms with E-state index in [0.717, 1.165) is 0 Å². The van der Waals surface area contributed by atoms with Crippen LogP contribution in [-0.4, -0.2) is 36.2 Å². The summed E-state index contributed by atoms with van der Waals surface area (Å²) in [7, 11) is 3.32. The molecule has 7 heavy (non-hydrogen) atoms. The molecule has 0 saturated carbocycles. The molecule has 5 heteroatoms.